The van der Waals surface area contributed by atoms with Crippen molar-refractivity contribution in [3.8, 4) is 0 Å². The lowest BCUT2D eigenvalue weighted by Gasteiger charge is -2.29. The maximum absolute atomic E-state index is 12.6. The molecule has 1 aliphatic heterocycles. The van der Waals surface area contributed by atoms with E-state index in [1.165, 1.54) is 24.8 Å². The fourth-order valence-electron chi connectivity index (χ4n) is 3.25. The smallest absolute Gasteiger partial charge is 0.179 e. The SMILES string of the molecule is CCC1(CC)CCN(C(C)C(=O)c2ccc(C)cc2)C1. The highest BCUT2D eigenvalue weighted by Crippen LogP contribution is 2.38. The molecule has 1 aromatic rings. The predicted molar refractivity (Wildman–Crippen MR) is 84.2 cm³/mol. The number of hydrogen-bond acceptors (Lipinski definition) is 2. The minimum absolute atomic E-state index is 0.00215. The Morgan fingerprint density at radius 3 is 2.35 bits per heavy atom. The molecule has 0 aliphatic carbocycles. The van der Waals surface area contributed by atoms with E-state index < -0.39 is 0 Å². The zero-order chi connectivity index (χ0) is 14.8. The third kappa shape index (κ3) is 2.95. The van der Waals surface area contributed by atoms with E-state index in [1.54, 1.807) is 0 Å². The van der Waals surface area contributed by atoms with Crippen LogP contribution >= 0.6 is 0 Å². The highest BCUT2D eigenvalue weighted by atomic mass is 16.1. The number of ketones is 1. The Morgan fingerprint density at radius 1 is 1.25 bits per heavy atom. The second kappa shape index (κ2) is 6.09. The molecule has 0 spiro atoms. The van der Waals surface area contributed by atoms with Gasteiger partial charge in [-0.05, 0) is 45.1 Å². The van der Waals surface area contributed by atoms with Gasteiger partial charge in [-0.3, -0.25) is 9.69 Å². The van der Waals surface area contributed by atoms with E-state index in [9.17, 15) is 4.79 Å². The van der Waals surface area contributed by atoms with Crippen molar-refractivity contribution in [1.82, 2.24) is 4.90 Å². The lowest BCUT2D eigenvalue weighted by molar-refractivity contribution is 0.0850. The van der Waals surface area contributed by atoms with Crippen LogP contribution in [0.2, 0.25) is 0 Å². The van der Waals surface area contributed by atoms with Crippen molar-refractivity contribution in [2.75, 3.05) is 13.1 Å². The lowest BCUT2D eigenvalue weighted by Crippen LogP contribution is -2.39. The summed E-state index contributed by atoms with van der Waals surface area (Å²) in [5, 5.41) is 0. The van der Waals surface area contributed by atoms with Gasteiger partial charge in [-0.1, -0.05) is 43.7 Å². The topological polar surface area (TPSA) is 20.3 Å². The number of Topliss-reactive ketones (excluding diaryl/α,β-unsaturated/α-hetero) is 1. The fraction of sp³-hybridized carbons (Fsp3) is 0.611. The number of carbonyl (C=O) groups is 1. The Morgan fingerprint density at radius 2 is 1.85 bits per heavy atom. The third-order valence-corrected chi connectivity index (χ3v) is 5.23. The Balaban J connectivity index is 2.07. The number of benzene rings is 1. The molecule has 20 heavy (non-hydrogen) atoms. The number of aryl methyl sites for hydroxylation is 1. The zero-order valence-electron chi connectivity index (χ0n) is 13.3. The number of likely N-dealkylation sites (tertiary alicyclic amines) is 1. The van der Waals surface area contributed by atoms with Crippen LogP contribution in [0.5, 0.6) is 0 Å². The molecule has 0 bridgehead atoms. The Labute approximate surface area is 123 Å². The summed E-state index contributed by atoms with van der Waals surface area (Å²) in [7, 11) is 0. The first kappa shape index (κ1) is 15.2. The van der Waals surface area contributed by atoms with Gasteiger partial charge < -0.3 is 0 Å². The summed E-state index contributed by atoms with van der Waals surface area (Å²) in [6.07, 6.45) is 3.66. The summed E-state index contributed by atoms with van der Waals surface area (Å²) in [6, 6.07) is 7.95. The molecule has 1 unspecified atom stereocenters. The summed E-state index contributed by atoms with van der Waals surface area (Å²) in [4.78, 5) is 15.0. The molecule has 0 aromatic heterocycles. The van der Waals surface area contributed by atoms with Crippen molar-refractivity contribution in [3.05, 3.63) is 35.4 Å². The summed E-state index contributed by atoms with van der Waals surface area (Å²) in [6.45, 7) is 10.8. The average molecular weight is 273 g/mol. The summed E-state index contributed by atoms with van der Waals surface area (Å²) >= 11 is 0. The van der Waals surface area contributed by atoms with E-state index in [-0.39, 0.29) is 11.8 Å². The van der Waals surface area contributed by atoms with Crippen LogP contribution < -0.4 is 0 Å². The lowest BCUT2D eigenvalue weighted by atomic mass is 9.82. The van der Waals surface area contributed by atoms with Crippen LogP contribution in [-0.4, -0.2) is 29.8 Å². The van der Waals surface area contributed by atoms with Crippen molar-refractivity contribution in [2.45, 2.75) is 53.0 Å². The first-order valence-corrected chi connectivity index (χ1v) is 7.86. The molecule has 110 valence electrons. The second-order valence-electron chi connectivity index (χ2n) is 6.33. The quantitative estimate of drug-likeness (QED) is 0.753. The molecule has 0 radical (unpaired) electrons. The molecule has 1 aliphatic rings. The molecule has 1 saturated heterocycles. The summed E-state index contributed by atoms with van der Waals surface area (Å²) < 4.78 is 0. The first-order chi connectivity index (χ1) is 9.51. The molecule has 2 nitrogen and oxygen atoms in total. The Kier molecular flexibility index (Phi) is 4.64. The van der Waals surface area contributed by atoms with Crippen molar-refractivity contribution >= 4 is 5.78 Å². The molecule has 1 atom stereocenters. The van der Waals surface area contributed by atoms with Crippen molar-refractivity contribution in [1.29, 1.82) is 0 Å². The van der Waals surface area contributed by atoms with Crippen molar-refractivity contribution in [2.24, 2.45) is 5.41 Å². The van der Waals surface area contributed by atoms with Gasteiger partial charge in [0.05, 0.1) is 6.04 Å². The van der Waals surface area contributed by atoms with E-state index in [0.29, 0.717) is 5.41 Å². The van der Waals surface area contributed by atoms with Gasteiger partial charge >= 0.3 is 0 Å². The van der Waals surface area contributed by atoms with Crippen LogP contribution in [-0.2, 0) is 0 Å². The highest BCUT2D eigenvalue weighted by Gasteiger charge is 2.38. The van der Waals surface area contributed by atoms with Gasteiger partial charge in [-0.25, -0.2) is 0 Å². The van der Waals surface area contributed by atoms with Gasteiger partial charge in [0, 0.05) is 12.1 Å². The number of hydrogen-bond donors (Lipinski definition) is 0. The maximum atomic E-state index is 12.6. The van der Waals surface area contributed by atoms with E-state index in [1.807, 2.05) is 24.3 Å². The average Bonchev–Trinajstić information content (AvgIpc) is 2.92. The zero-order valence-corrected chi connectivity index (χ0v) is 13.3. The monoisotopic (exact) mass is 273 g/mol. The minimum atomic E-state index is -0.00215. The van der Waals surface area contributed by atoms with Crippen molar-refractivity contribution in [3.63, 3.8) is 0 Å². The van der Waals surface area contributed by atoms with Gasteiger partial charge in [0.15, 0.2) is 5.78 Å². The molecular weight excluding hydrogens is 246 g/mol. The second-order valence-corrected chi connectivity index (χ2v) is 6.33. The van der Waals surface area contributed by atoms with E-state index in [2.05, 4.69) is 32.6 Å². The molecule has 2 rings (SSSR count). The van der Waals surface area contributed by atoms with Gasteiger partial charge in [-0.2, -0.15) is 0 Å². The third-order valence-electron chi connectivity index (χ3n) is 5.23. The van der Waals surface area contributed by atoms with Crippen molar-refractivity contribution < 1.29 is 4.79 Å². The molecule has 1 heterocycles. The van der Waals surface area contributed by atoms with Crippen LogP contribution in [0.1, 0.15) is 56.0 Å². The summed E-state index contributed by atoms with van der Waals surface area (Å²) in [5.74, 6) is 0.257. The normalized spacial score (nSPS) is 20.0. The number of nitrogens with zero attached hydrogens (tertiary/aromatic N) is 1. The van der Waals surface area contributed by atoms with E-state index >= 15 is 0 Å². The Bertz CT molecular complexity index is 459. The van der Waals surface area contributed by atoms with Gasteiger partial charge in [-0.15, -0.1) is 0 Å². The molecular formula is C18H27NO. The van der Waals surface area contributed by atoms with E-state index in [4.69, 9.17) is 0 Å². The van der Waals surface area contributed by atoms with Crippen LogP contribution in [0.15, 0.2) is 24.3 Å². The maximum Gasteiger partial charge on any atom is 0.179 e. The van der Waals surface area contributed by atoms with E-state index in [0.717, 1.165) is 18.7 Å². The van der Waals surface area contributed by atoms with Crippen LogP contribution in [0.25, 0.3) is 0 Å². The van der Waals surface area contributed by atoms with Gasteiger partial charge in [0.2, 0.25) is 0 Å². The highest BCUT2D eigenvalue weighted by molar-refractivity contribution is 5.99. The van der Waals surface area contributed by atoms with Crippen LogP contribution in [0, 0.1) is 12.3 Å². The molecule has 0 N–H and O–H groups in total. The molecule has 1 aromatic carbocycles. The van der Waals surface area contributed by atoms with Crippen LogP contribution in [0.4, 0.5) is 0 Å². The van der Waals surface area contributed by atoms with Gasteiger partial charge in [0.1, 0.15) is 0 Å². The molecule has 1 fully saturated rings. The number of rotatable bonds is 5. The number of carbonyl (C=O) groups excluding carboxylic acids is 1. The molecule has 0 amide bonds. The Hall–Kier alpha value is -1.15. The first-order valence-electron chi connectivity index (χ1n) is 7.86. The minimum Gasteiger partial charge on any atom is -0.293 e. The molecule has 2 heteroatoms. The van der Waals surface area contributed by atoms with Crippen LogP contribution in [0.3, 0.4) is 0 Å². The summed E-state index contributed by atoms with van der Waals surface area (Å²) in [5.41, 5.74) is 2.47. The largest absolute Gasteiger partial charge is 0.293 e. The predicted octanol–water partition coefficient (Wildman–Crippen LogP) is 4.08. The molecule has 0 saturated carbocycles. The van der Waals surface area contributed by atoms with Gasteiger partial charge in [0.25, 0.3) is 0 Å². The fourth-order valence-corrected chi connectivity index (χ4v) is 3.25. The standard InChI is InChI=1S/C18H27NO/c1-5-18(6-2)11-12-19(13-18)15(4)17(20)16-9-7-14(3)8-10-16/h7-10,15H,5-6,11-13H2,1-4H3.